The smallest absolute Gasteiger partial charge is 0.296 e. The molecule has 1 aliphatic rings. The van der Waals surface area contributed by atoms with Crippen LogP contribution in [0.5, 0.6) is 0 Å². The Bertz CT molecular complexity index is 1470. The number of carbonyl (C=O) groups is 1. The van der Waals surface area contributed by atoms with E-state index in [1.54, 1.807) is 0 Å². The van der Waals surface area contributed by atoms with Gasteiger partial charge in [-0.3, -0.25) is 14.7 Å². The Hall–Kier alpha value is -3.22. The fraction of sp³-hybridized carbons (Fsp3) is 0.400. The Morgan fingerprint density at radius 2 is 1.55 bits per heavy atom. The highest BCUT2D eigenvalue weighted by atomic mass is 32.2. The molecule has 0 aliphatic carbocycles. The summed E-state index contributed by atoms with van der Waals surface area (Å²) in [5, 5.41) is 0. The van der Waals surface area contributed by atoms with E-state index in [-0.39, 0.29) is 43.7 Å². The molecule has 1 aromatic heterocycles. The maximum Gasteiger partial charge on any atom is 0.416 e. The second kappa shape index (κ2) is 9.83. The summed E-state index contributed by atoms with van der Waals surface area (Å²) in [6.45, 7) is 2.81. The number of hydrogen-bond acceptors (Lipinski definition) is 5. The molecule has 0 N–H and O–H groups in total. The molecule has 0 saturated carbocycles. The number of carbonyl (C=O) groups excluding carboxylic acids is 1. The van der Waals surface area contributed by atoms with E-state index < -0.39 is 54.8 Å². The zero-order valence-corrected chi connectivity index (χ0v) is 20.4. The standard InChI is InChI=1S/C24H21F6N3O3S.CH4/c1-22(2,37(35,36)17-5-3-4-15(10-17)23(25,26)27)14-8-9-33(21(34)12-14)20-13-31-19-11-16(24(28,29)30)6-7-18(19)32-20;/h3-7,10-11,13-14H,8-9,12H2,1-2H3;1H4/t14-;/m0./s1. The van der Waals surface area contributed by atoms with Crippen LogP contribution in [0.3, 0.4) is 0 Å². The number of fused-ring (bicyclic) bond motifs is 1. The van der Waals surface area contributed by atoms with Crippen molar-refractivity contribution < 1.29 is 39.6 Å². The summed E-state index contributed by atoms with van der Waals surface area (Å²) in [4.78, 5) is 22.0. The molecule has 3 aromatic rings. The third kappa shape index (κ3) is 5.33. The lowest BCUT2D eigenvalue weighted by Crippen LogP contribution is -2.49. The van der Waals surface area contributed by atoms with E-state index in [9.17, 15) is 39.6 Å². The maximum absolute atomic E-state index is 13.3. The summed E-state index contributed by atoms with van der Waals surface area (Å²) >= 11 is 0. The third-order valence-electron chi connectivity index (χ3n) is 6.70. The van der Waals surface area contributed by atoms with Crippen LogP contribution in [0.2, 0.25) is 0 Å². The van der Waals surface area contributed by atoms with E-state index >= 15 is 0 Å². The molecule has 0 unspecified atom stereocenters. The van der Waals surface area contributed by atoms with Crippen LogP contribution < -0.4 is 4.90 Å². The Balaban J connectivity index is 0.00000400. The topological polar surface area (TPSA) is 80.2 Å². The van der Waals surface area contributed by atoms with Gasteiger partial charge >= 0.3 is 12.4 Å². The predicted octanol–water partition coefficient (Wildman–Crippen LogP) is 6.30. The van der Waals surface area contributed by atoms with Crippen molar-refractivity contribution in [2.24, 2.45) is 5.92 Å². The zero-order valence-electron chi connectivity index (χ0n) is 19.6. The van der Waals surface area contributed by atoms with Crippen molar-refractivity contribution in [1.29, 1.82) is 0 Å². The van der Waals surface area contributed by atoms with Gasteiger partial charge in [-0.25, -0.2) is 13.4 Å². The van der Waals surface area contributed by atoms with Gasteiger partial charge in [0.2, 0.25) is 5.91 Å². The second-order valence-electron chi connectivity index (χ2n) is 9.30. The Labute approximate surface area is 215 Å². The fourth-order valence-corrected chi connectivity index (χ4v) is 6.13. The van der Waals surface area contributed by atoms with Crippen LogP contribution in [0, 0.1) is 5.92 Å². The molecule has 13 heteroatoms. The number of rotatable bonds is 4. The van der Waals surface area contributed by atoms with Crippen molar-refractivity contribution in [1.82, 2.24) is 9.97 Å². The number of piperidine rings is 1. The first-order valence-corrected chi connectivity index (χ1v) is 12.6. The van der Waals surface area contributed by atoms with E-state index in [0.717, 1.165) is 36.4 Å². The molecule has 0 bridgehead atoms. The normalized spacial score (nSPS) is 17.4. The van der Waals surface area contributed by atoms with Crippen molar-refractivity contribution >= 4 is 32.6 Å². The molecule has 4 rings (SSSR count). The molecule has 1 aliphatic heterocycles. The van der Waals surface area contributed by atoms with E-state index in [0.29, 0.717) is 6.07 Å². The van der Waals surface area contributed by atoms with E-state index in [4.69, 9.17) is 0 Å². The number of halogens is 6. The van der Waals surface area contributed by atoms with Crippen LogP contribution in [0.4, 0.5) is 32.2 Å². The summed E-state index contributed by atoms with van der Waals surface area (Å²) in [6.07, 6.45) is -8.12. The average molecular weight is 562 g/mol. The van der Waals surface area contributed by atoms with E-state index in [1.807, 2.05) is 0 Å². The van der Waals surface area contributed by atoms with Crippen LogP contribution >= 0.6 is 0 Å². The number of amides is 1. The fourth-order valence-electron chi connectivity index (χ4n) is 4.34. The molecule has 1 atom stereocenters. The predicted molar refractivity (Wildman–Crippen MR) is 129 cm³/mol. The number of aromatic nitrogens is 2. The third-order valence-corrected chi connectivity index (χ3v) is 9.30. The highest BCUT2D eigenvalue weighted by Gasteiger charge is 2.46. The quantitative estimate of drug-likeness (QED) is 0.350. The van der Waals surface area contributed by atoms with E-state index in [1.165, 1.54) is 24.9 Å². The lowest BCUT2D eigenvalue weighted by Gasteiger charge is -2.39. The molecule has 38 heavy (non-hydrogen) atoms. The lowest BCUT2D eigenvalue weighted by molar-refractivity contribution is -0.138. The molecule has 206 valence electrons. The van der Waals surface area contributed by atoms with Gasteiger partial charge in [-0.15, -0.1) is 0 Å². The summed E-state index contributed by atoms with van der Waals surface area (Å²) in [7, 11) is -4.26. The largest absolute Gasteiger partial charge is 0.416 e. The van der Waals surface area contributed by atoms with E-state index in [2.05, 4.69) is 9.97 Å². The number of alkyl halides is 6. The maximum atomic E-state index is 13.3. The molecule has 2 heterocycles. The monoisotopic (exact) mass is 561 g/mol. The van der Waals surface area contributed by atoms with Gasteiger partial charge in [-0.05, 0) is 62.6 Å². The molecule has 0 spiro atoms. The molecule has 1 fully saturated rings. The highest BCUT2D eigenvalue weighted by Crippen LogP contribution is 2.40. The van der Waals surface area contributed by atoms with Crippen LogP contribution in [0.25, 0.3) is 11.0 Å². The van der Waals surface area contributed by atoms with Crippen LogP contribution in [-0.2, 0) is 27.0 Å². The number of benzene rings is 2. The molecule has 6 nitrogen and oxygen atoms in total. The highest BCUT2D eigenvalue weighted by molar-refractivity contribution is 7.92. The number of anilines is 1. The van der Waals surface area contributed by atoms with Gasteiger partial charge in [0.15, 0.2) is 15.7 Å². The molecular weight excluding hydrogens is 536 g/mol. The lowest BCUT2D eigenvalue weighted by atomic mass is 9.85. The van der Waals surface area contributed by atoms with Gasteiger partial charge in [0.1, 0.15) is 0 Å². The Kier molecular flexibility index (Phi) is 7.59. The van der Waals surface area contributed by atoms with Crippen molar-refractivity contribution in [2.75, 3.05) is 11.4 Å². The Morgan fingerprint density at radius 1 is 0.921 bits per heavy atom. The SMILES string of the molecule is C.CC(C)([C@H]1CCN(c2cnc3cc(C(F)(F)F)ccc3n2)C(=O)C1)S(=O)(=O)c1cccc(C(F)(F)F)c1. The molecule has 2 aromatic carbocycles. The zero-order chi connectivity index (χ0) is 27.4. The summed E-state index contributed by atoms with van der Waals surface area (Å²) in [5.74, 6) is -1.09. The first-order chi connectivity index (χ1) is 17.0. The molecule has 1 amide bonds. The van der Waals surface area contributed by atoms with Gasteiger partial charge in [0.05, 0.1) is 38.0 Å². The van der Waals surface area contributed by atoms with Crippen LogP contribution in [0.15, 0.2) is 53.6 Å². The van der Waals surface area contributed by atoms with Crippen molar-refractivity contribution in [3.8, 4) is 0 Å². The summed E-state index contributed by atoms with van der Waals surface area (Å²) in [5.41, 5.74) is -1.84. The van der Waals surface area contributed by atoms with Crippen LogP contribution in [0.1, 0.15) is 45.2 Å². The summed E-state index contributed by atoms with van der Waals surface area (Å²) < 4.78 is 103. The minimum Gasteiger partial charge on any atom is -0.296 e. The van der Waals surface area contributed by atoms with Crippen LogP contribution in [-0.4, -0.2) is 35.6 Å². The van der Waals surface area contributed by atoms with Gasteiger partial charge in [0, 0.05) is 13.0 Å². The van der Waals surface area contributed by atoms with Gasteiger partial charge in [0.25, 0.3) is 0 Å². The first kappa shape index (κ1) is 29.3. The summed E-state index contributed by atoms with van der Waals surface area (Å²) in [6, 6.07) is 6.34. The first-order valence-electron chi connectivity index (χ1n) is 11.1. The average Bonchev–Trinajstić information content (AvgIpc) is 2.82. The minimum atomic E-state index is -4.72. The number of hydrogen-bond donors (Lipinski definition) is 0. The number of sulfone groups is 1. The van der Waals surface area contributed by atoms with Crippen molar-refractivity contribution in [3.05, 3.63) is 59.8 Å². The van der Waals surface area contributed by atoms with Gasteiger partial charge in [-0.1, -0.05) is 13.5 Å². The molecular formula is C25H25F6N3O3S. The second-order valence-corrected chi connectivity index (χ2v) is 11.8. The molecule has 1 saturated heterocycles. The number of nitrogens with zero attached hydrogens (tertiary/aromatic N) is 3. The molecule has 0 radical (unpaired) electrons. The Morgan fingerprint density at radius 3 is 2.16 bits per heavy atom. The van der Waals surface area contributed by atoms with Gasteiger partial charge in [-0.2, -0.15) is 26.3 Å². The van der Waals surface area contributed by atoms with Crippen molar-refractivity contribution in [2.45, 2.75) is 56.1 Å². The minimum absolute atomic E-state index is 0. The van der Waals surface area contributed by atoms with Gasteiger partial charge < -0.3 is 0 Å². The van der Waals surface area contributed by atoms with Crippen molar-refractivity contribution in [3.63, 3.8) is 0 Å².